The smallest absolute Gasteiger partial charge is 0.338 e. The van der Waals surface area contributed by atoms with Gasteiger partial charge in [0.05, 0.1) is 16.7 Å². The average Bonchev–Trinajstić information content (AvgIpc) is 2.97. The van der Waals surface area contributed by atoms with E-state index in [0.717, 1.165) is 6.92 Å². The van der Waals surface area contributed by atoms with Gasteiger partial charge in [0.25, 0.3) is 0 Å². The highest BCUT2D eigenvalue weighted by atomic mass is 16.6. The van der Waals surface area contributed by atoms with E-state index in [-0.39, 0.29) is 23.0 Å². The van der Waals surface area contributed by atoms with E-state index in [1.165, 1.54) is 36.4 Å². The summed E-state index contributed by atoms with van der Waals surface area (Å²) in [6.07, 6.45) is -4.92. The molecule has 39 heavy (non-hydrogen) atoms. The van der Waals surface area contributed by atoms with Crippen LogP contribution >= 0.6 is 0 Å². The Kier molecular flexibility index (Phi) is 10.5. The third-order valence-corrected chi connectivity index (χ3v) is 5.47. The van der Waals surface area contributed by atoms with Crippen molar-refractivity contribution in [2.45, 2.75) is 31.3 Å². The molecule has 0 aliphatic carbocycles. The van der Waals surface area contributed by atoms with Crippen LogP contribution in [-0.4, -0.2) is 66.2 Å². The van der Waals surface area contributed by atoms with Crippen molar-refractivity contribution in [3.05, 3.63) is 108 Å². The summed E-state index contributed by atoms with van der Waals surface area (Å²) < 4.78 is 16.3. The van der Waals surface area contributed by atoms with Crippen molar-refractivity contribution in [2.24, 2.45) is 0 Å². The van der Waals surface area contributed by atoms with E-state index >= 15 is 0 Å². The number of ether oxygens (including phenoxy) is 3. The summed E-state index contributed by atoms with van der Waals surface area (Å²) >= 11 is 0. The van der Waals surface area contributed by atoms with Crippen molar-refractivity contribution in [1.82, 2.24) is 5.32 Å². The number of benzene rings is 3. The highest BCUT2D eigenvalue weighted by molar-refractivity contribution is 5.91. The molecule has 0 aliphatic rings. The van der Waals surface area contributed by atoms with Crippen molar-refractivity contribution in [1.29, 1.82) is 0 Å². The van der Waals surface area contributed by atoms with Gasteiger partial charge in [-0.3, -0.25) is 4.79 Å². The summed E-state index contributed by atoms with van der Waals surface area (Å²) in [5.74, 6) is -3.24. The number of hydrogen-bond acceptors (Lipinski definition) is 9. The van der Waals surface area contributed by atoms with E-state index in [2.05, 4.69) is 5.32 Å². The van der Waals surface area contributed by atoms with E-state index in [0.29, 0.717) is 0 Å². The summed E-state index contributed by atoms with van der Waals surface area (Å²) in [6.45, 7) is 0.446. The number of rotatable bonds is 12. The molecule has 10 nitrogen and oxygen atoms in total. The monoisotopic (exact) mass is 533 g/mol. The molecule has 0 bridgehead atoms. The quantitative estimate of drug-likeness (QED) is 0.204. The van der Waals surface area contributed by atoms with Crippen LogP contribution in [-0.2, 0) is 23.8 Å². The second-order valence-electron chi connectivity index (χ2n) is 8.37. The Morgan fingerprint density at radius 1 is 0.718 bits per heavy atom. The lowest BCUT2D eigenvalue weighted by molar-refractivity contribution is -0.131. The molecule has 1 amide bonds. The Morgan fingerprint density at radius 2 is 1.13 bits per heavy atom. The van der Waals surface area contributed by atoms with Crippen molar-refractivity contribution >= 4 is 30.1 Å². The number of aliphatic hydroxyl groups is 1. The molecule has 0 spiro atoms. The molecule has 3 aromatic rings. The molecular formula is C29H27NO9. The standard InChI is InChI=1S/C29H27NO9/c1-19(32)30-23(17-31)25(38-28(35)21-13-7-3-8-14-21)26(39-29(36)22-15-9-4-10-16-22)24(33)18-37-27(34)20-11-5-2-6-12-20/h2-17,23-26,33H,18H2,1H3,(H,30,32)/t23-,24+,25+,26+/m0/s1. The maximum atomic E-state index is 13.0. The molecule has 0 aromatic heterocycles. The van der Waals surface area contributed by atoms with E-state index < -0.39 is 54.8 Å². The molecule has 4 atom stereocenters. The molecule has 0 saturated heterocycles. The minimum absolute atomic E-state index is 0.103. The number of hydrogen-bond donors (Lipinski definition) is 2. The van der Waals surface area contributed by atoms with Gasteiger partial charge in [0, 0.05) is 6.92 Å². The van der Waals surface area contributed by atoms with Gasteiger partial charge in [-0.25, -0.2) is 14.4 Å². The first-order valence-electron chi connectivity index (χ1n) is 11.9. The predicted octanol–water partition coefficient (Wildman–Crippen LogP) is 2.36. The summed E-state index contributed by atoms with van der Waals surface area (Å²) in [6, 6.07) is 22.0. The first-order valence-corrected chi connectivity index (χ1v) is 11.9. The van der Waals surface area contributed by atoms with Gasteiger partial charge in [-0.2, -0.15) is 0 Å². The van der Waals surface area contributed by atoms with E-state index in [9.17, 15) is 29.1 Å². The number of aldehydes is 1. The van der Waals surface area contributed by atoms with Crippen LogP contribution in [0.1, 0.15) is 38.0 Å². The van der Waals surface area contributed by atoms with E-state index in [1.807, 2.05) is 0 Å². The lowest BCUT2D eigenvalue weighted by atomic mass is 10.0. The molecule has 0 radical (unpaired) electrons. The van der Waals surface area contributed by atoms with Crippen LogP contribution in [0, 0.1) is 0 Å². The normalized spacial score (nSPS) is 13.6. The fourth-order valence-corrected chi connectivity index (χ4v) is 3.58. The van der Waals surface area contributed by atoms with Crippen LogP contribution in [0.15, 0.2) is 91.0 Å². The third kappa shape index (κ3) is 8.34. The molecule has 0 unspecified atom stereocenters. The number of aliphatic hydroxyl groups excluding tert-OH is 1. The van der Waals surface area contributed by atoms with Gasteiger partial charge in [-0.05, 0) is 36.4 Å². The van der Waals surface area contributed by atoms with Crippen molar-refractivity contribution in [3.63, 3.8) is 0 Å². The second kappa shape index (κ2) is 14.2. The maximum absolute atomic E-state index is 13.0. The Hall–Kier alpha value is -4.83. The first-order chi connectivity index (χ1) is 18.8. The van der Waals surface area contributed by atoms with E-state index in [1.54, 1.807) is 54.6 Å². The zero-order valence-corrected chi connectivity index (χ0v) is 21.0. The van der Waals surface area contributed by atoms with Gasteiger partial charge in [0.15, 0.2) is 12.2 Å². The molecule has 202 valence electrons. The lowest BCUT2D eigenvalue weighted by Crippen LogP contribution is -2.56. The van der Waals surface area contributed by atoms with Gasteiger partial charge in [0.2, 0.25) is 5.91 Å². The van der Waals surface area contributed by atoms with Crippen LogP contribution in [0.2, 0.25) is 0 Å². The first kappa shape index (κ1) is 28.7. The number of carbonyl (C=O) groups is 5. The van der Waals surface area contributed by atoms with Crippen molar-refractivity contribution < 1.29 is 43.3 Å². The van der Waals surface area contributed by atoms with Crippen molar-refractivity contribution in [2.75, 3.05) is 6.61 Å². The van der Waals surface area contributed by atoms with E-state index in [4.69, 9.17) is 14.2 Å². The molecule has 3 rings (SSSR count). The highest BCUT2D eigenvalue weighted by Crippen LogP contribution is 2.19. The third-order valence-electron chi connectivity index (χ3n) is 5.47. The molecule has 0 heterocycles. The fraction of sp³-hybridized carbons (Fsp3) is 0.207. The summed E-state index contributed by atoms with van der Waals surface area (Å²) in [4.78, 5) is 62.2. The summed E-state index contributed by atoms with van der Waals surface area (Å²) in [5, 5.41) is 13.4. The second-order valence-corrected chi connectivity index (χ2v) is 8.37. The van der Waals surface area contributed by atoms with Crippen LogP contribution < -0.4 is 5.32 Å². The Labute approximate surface area is 224 Å². The lowest BCUT2D eigenvalue weighted by Gasteiger charge is -2.33. The molecule has 0 aliphatic heterocycles. The topological polar surface area (TPSA) is 145 Å². The van der Waals surface area contributed by atoms with Crippen LogP contribution in [0.25, 0.3) is 0 Å². The molecule has 0 fully saturated rings. The number of amides is 1. The number of esters is 3. The minimum Gasteiger partial charge on any atom is -0.459 e. The molecule has 3 aromatic carbocycles. The molecule has 2 N–H and O–H groups in total. The Bertz CT molecular complexity index is 1270. The molecular weight excluding hydrogens is 506 g/mol. The van der Waals surface area contributed by atoms with Gasteiger partial charge >= 0.3 is 17.9 Å². The van der Waals surface area contributed by atoms with Gasteiger partial charge < -0.3 is 29.4 Å². The highest BCUT2D eigenvalue weighted by Gasteiger charge is 2.41. The average molecular weight is 534 g/mol. The number of nitrogens with one attached hydrogen (secondary N) is 1. The van der Waals surface area contributed by atoms with Crippen LogP contribution in [0.3, 0.4) is 0 Å². The number of carbonyl (C=O) groups excluding carboxylic acids is 5. The van der Waals surface area contributed by atoms with Crippen LogP contribution in [0.5, 0.6) is 0 Å². The van der Waals surface area contributed by atoms with Gasteiger partial charge in [-0.1, -0.05) is 54.6 Å². The zero-order valence-electron chi connectivity index (χ0n) is 21.0. The predicted molar refractivity (Wildman–Crippen MR) is 138 cm³/mol. The van der Waals surface area contributed by atoms with Crippen LogP contribution in [0.4, 0.5) is 0 Å². The largest absolute Gasteiger partial charge is 0.459 e. The molecule has 10 heteroatoms. The SMILES string of the molecule is CC(=O)N[C@@H](C=O)[C@@H](OC(=O)c1ccccc1)[C@H](OC(=O)c1ccccc1)[C@H](O)COC(=O)c1ccccc1. The zero-order chi connectivity index (χ0) is 28.2. The fourth-order valence-electron chi connectivity index (χ4n) is 3.58. The summed E-state index contributed by atoms with van der Waals surface area (Å²) in [5.41, 5.74) is 0.415. The molecule has 0 saturated carbocycles. The minimum atomic E-state index is -1.77. The Morgan fingerprint density at radius 3 is 1.54 bits per heavy atom. The van der Waals surface area contributed by atoms with Gasteiger partial charge in [-0.15, -0.1) is 0 Å². The summed E-state index contributed by atoms with van der Waals surface area (Å²) in [7, 11) is 0. The van der Waals surface area contributed by atoms with Crippen molar-refractivity contribution in [3.8, 4) is 0 Å². The Balaban J connectivity index is 1.93. The van der Waals surface area contributed by atoms with Gasteiger partial charge in [0.1, 0.15) is 25.0 Å². The maximum Gasteiger partial charge on any atom is 0.338 e.